The molecule has 0 bridgehead atoms. The predicted molar refractivity (Wildman–Crippen MR) is 145 cm³/mol. The van der Waals surface area contributed by atoms with E-state index in [0.29, 0.717) is 27.4 Å². The Morgan fingerprint density at radius 3 is 1.50 bits per heavy atom. The maximum absolute atomic E-state index is 6.24. The van der Waals surface area contributed by atoms with Crippen LogP contribution in [0.3, 0.4) is 0 Å². The summed E-state index contributed by atoms with van der Waals surface area (Å²) in [5.74, 6) is 0.435. The highest BCUT2D eigenvalue weighted by atomic mass is 35.5. The molecule has 186 valence electrons. The Hall–Kier alpha value is 0.0669. The topological polar surface area (TPSA) is 18.5 Å². The number of halogens is 3. The molecule has 2 nitrogen and oxygen atoms in total. The molecule has 0 saturated carbocycles. The van der Waals surface area contributed by atoms with Gasteiger partial charge in [-0.25, -0.2) is 0 Å². The Bertz CT molecular complexity index is 611. The average Bonchev–Trinajstić information content (AvgIpc) is 2.76. The molecule has 0 atom stereocenters. The van der Waals surface area contributed by atoms with Crippen LogP contribution in [-0.4, -0.2) is 15.2 Å². The molecular weight excluding hydrogens is 479 g/mol. The summed E-state index contributed by atoms with van der Waals surface area (Å²) in [6.45, 7) is 7.01. The van der Waals surface area contributed by atoms with Gasteiger partial charge in [0.1, 0.15) is 10.8 Å². The van der Waals surface area contributed by atoms with E-state index in [9.17, 15) is 0 Å². The summed E-state index contributed by atoms with van der Waals surface area (Å²) in [4.78, 5) is 0. The first kappa shape index (κ1) is 30.1. The zero-order chi connectivity index (χ0) is 23.7. The van der Waals surface area contributed by atoms with Gasteiger partial charge in [-0.15, -0.1) is 0 Å². The molecule has 32 heavy (non-hydrogen) atoms. The van der Waals surface area contributed by atoms with Crippen molar-refractivity contribution in [3.8, 4) is 5.75 Å². The van der Waals surface area contributed by atoms with Crippen molar-refractivity contribution in [3.05, 3.63) is 27.2 Å². The van der Waals surface area contributed by atoms with Crippen molar-refractivity contribution in [2.75, 3.05) is 6.61 Å². The summed E-state index contributed by atoms with van der Waals surface area (Å²) >= 11 is 18.5. The highest BCUT2D eigenvalue weighted by Gasteiger charge is 2.29. The fraction of sp³-hybridized carbons (Fsp3) is 0.769. The van der Waals surface area contributed by atoms with E-state index >= 15 is 0 Å². The van der Waals surface area contributed by atoms with Crippen molar-refractivity contribution < 1.29 is 8.85 Å². The molecule has 0 saturated heterocycles. The third-order valence-electron chi connectivity index (χ3n) is 5.80. The fourth-order valence-electron chi connectivity index (χ4n) is 3.85. The monoisotopic (exact) mass is 522 g/mol. The molecule has 0 aliphatic carbocycles. The lowest BCUT2D eigenvalue weighted by molar-refractivity contribution is 0.241. The molecule has 0 unspecified atom stereocenters. The van der Waals surface area contributed by atoms with Crippen LogP contribution in [0.25, 0.3) is 0 Å². The summed E-state index contributed by atoms with van der Waals surface area (Å²) in [7, 11) is -2.37. The number of hydrogen-bond donors (Lipinski definition) is 0. The van der Waals surface area contributed by atoms with Crippen molar-refractivity contribution >= 4 is 43.4 Å². The Morgan fingerprint density at radius 2 is 1.03 bits per heavy atom. The van der Waals surface area contributed by atoms with E-state index in [1.165, 1.54) is 96.3 Å². The standard InChI is InChI=1S/C26H45Cl3O2Si/c1-4-5-6-7-8-9-10-11-12-13-14-15-16-17-18-19-22-30-32(2,3)31-26-24(28)21-20-23(27)25(26)29/h20-21H,4-19,22H2,1-3H3. The SMILES string of the molecule is CCCCCCCCCCCCCCCCCCO[Si](C)(C)Oc1c(Cl)ccc(Cl)c1Cl. The van der Waals surface area contributed by atoms with E-state index in [-0.39, 0.29) is 0 Å². The van der Waals surface area contributed by atoms with Crippen molar-refractivity contribution in [1.82, 2.24) is 0 Å². The van der Waals surface area contributed by atoms with E-state index in [1.54, 1.807) is 12.1 Å². The van der Waals surface area contributed by atoms with E-state index in [0.717, 1.165) is 6.42 Å². The normalized spacial score (nSPS) is 11.8. The zero-order valence-corrected chi connectivity index (χ0v) is 23.9. The van der Waals surface area contributed by atoms with Crippen LogP contribution >= 0.6 is 34.8 Å². The smallest absolute Gasteiger partial charge is 0.392 e. The summed E-state index contributed by atoms with van der Waals surface area (Å²) in [6.07, 6.45) is 21.9. The fourth-order valence-corrected chi connectivity index (χ4v) is 5.97. The van der Waals surface area contributed by atoms with Gasteiger partial charge in [0.25, 0.3) is 0 Å². The van der Waals surface area contributed by atoms with Crippen molar-refractivity contribution in [3.63, 3.8) is 0 Å². The van der Waals surface area contributed by atoms with Crippen LogP contribution in [0.5, 0.6) is 5.75 Å². The second-order valence-electron chi connectivity index (χ2n) is 9.33. The third kappa shape index (κ3) is 14.4. The first-order valence-electron chi connectivity index (χ1n) is 12.8. The molecule has 0 heterocycles. The molecule has 0 radical (unpaired) electrons. The minimum Gasteiger partial charge on any atom is -0.518 e. The van der Waals surface area contributed by atoms with E-state index < -0.39 is 8.56 Å². The molecule has 0 N–H and O–H groups in total. The van der Waals surface area contributed by atoms with Crippen LogP contribution in [0.4, 0.5) is 0 Å². The van der Waals surface area contributed by atoms with Gasteiger partial charge in [-0.2, -0.15) is 0 Å². The molecule has 0 aromatic heterocycles. The van der Waals surface area contributed by atoms with Crippen LogP contribution < -0.4 is 4.43 Å². The summed E-state index contributed by atoms with van der Waals surface area (Å²) < 4.78 is 12.1. The molecule has 0 aliphatic heterocycles. The van der Waals surface area contributed by atoms with Crippen LogP contribution in [0.1, 0.15) is 110 Å². The largest absolute Gasteiger partial charge is 0.518 e. The Labute approximate surface area is 213 Å². The van der Waals surface area contributed by atoms with Crippen molar-refractivity contribution in [1.29, 1.82) is 0 Å². The minimum atomic E-state index is -2.37. The Morgan fingerprint density at radius 1 is 0.625 bits per heavy atom. The molecule has 0 spiro atoms. The molecule has 6 heteroatoms. The second-order valence-corrected chi connectivity index (χ2v) is 13.8. The minimum absolute atomic E-state index is 0.353. The molecule has 1 aromatic carbocycles. The Kier molecular flexibility index (Phi) is 17.3. The van der Waals surface area contributed by atoms with Gasteiger partial charge in [0.05, 0.1) is 10.0 Å². The highest BCUT2D eigenvalue weighted by molar-refractivity contribution is 6.65. The number of benzene rings is 1. The molecule has 0 aliphatic rings. The first-order chi connectivity index (χ1) is 15.4. The predicted octanol–water partition coefficient (Wildman–Crippen LogP) is 11.0. The summed E-state index contributed by atoms with van der Waals surface area (Å²) in [5.41, 5.74) is 0. The first-order valence-corrected chi connectivity index (χ1v) is 16.8. The van der Waals surface area contributed by atoms with Gasteiger partial charge in [-0.05, 0) is 31.6 Å². The molecule has 1 aromatic rings. The number of hydrogen-bond acceptors (Lipinski definition) is 2. The van der Waals surface area contributed by atoms with Crippen LogP contribution in [0.2, 0.25) is 28.2 Å². The van der Waals surface area contributed by atoms with Gasteiger partial charge in [-0.1, -0.05) is 138 Å². The number of rotatable bonds is 20. The molecule has 1 rings (SSSR count). The maximum Gasteiger partial charge on any atom is 0.392 e. The van der Waals surface area contributed by atoms with Gasteiger partial charge in [0.2, 0.25) is 0 Å². The van der Waals surface area contributed by atoms with Gasteiger partial charge in [0.15, 0.2) is 0 Å². The molecule has 0 amide bonds. The van der Waals surface area contributed by atoms with Crippen molar-refractivity contribution in [2.45, 2.75) is 123 Å². The van der Waals surface area contributed by atoms with Crippen LogP contribution in [0, 0.1) is 0 Å². The summed E-state index contributed by atoms with van der Waals surface area (Å²) in [6, 6.07) is 3.37. The number of unbranched alkanes of at least 4 members (excludes halogenated alkanes) is 15. The lowest BCUT2D eigenvalue weighted by Crippen LogP contribution is -2.38. The van der Waals surface area contributed by atoms with Crippen molar-refractivity contribution in [2.24, 2.45) is 0 Å². The highest BCUT2D eigenvalue weighted by Crippen LogP contribution is 2.39. The molecule has 0 fully saturated rings. The van der Waals surface area contributed by atoms with Gasteiger partial charge in [0, 0.05) is 6.61 Å². The van der Waals surface area contributed by atoms with Gasteiger partial charge in [-0.3, -0.25) is 0 Å². The molecular formula is C26H45Cl3O2Si. The second kappa shape index (κ2) is 18.4. The van der Waals surface area contributed by atoms with E-state index in [2.05, 4.69) is 6.92 Å². The summed E-state index contributed by atoms with van der Waals surface area (Å²) in [5, 5.41) is 1.26. The lowest BCUT2D eigenvalue weighted by Gasteiger charge is -2.25. The van der Waals surface area contributed by atoms with Gasteiger partial charge < -0.3 is 8.85 Å². The maximum atomic E-state index is 6.24. The zero-order valence-electron chi connectivity index (χ0n) is 20.6. The average molecular weight is 524 g/mol. The van der Waals surface area contributed by atoms with E-state index in [1.807, 2.05) is 13.1 Å². The van der Waals surface area contributed by atoms with Crippen LogP contribution in [0.15, 0.2) is 12.1 Å². The van der Waals surface area contributed by atoms with E-state index in [4.69, 9.17) is 43.7 Å². The Balaban J connectivity index is 1.96. The lowest BCUT2D eigenvalue weighted by atomic mass is 10.0. The van der Waals surface area contributed by atoms with Gasteiger partial charge >= 0.3 is 8.56 Å². The van der Waals surface area contributed by atoms with Crippen LogP contribution in [-0.2, 0) is 4.43 Å². The third-order valence-corrected chi connectivity index (χ3v) is 8.48. The quantitative estimate of drug-likeness (QED) is 0.0960.